The number of rotatable bonds is 9. The predicted octanol–water partition coefficient (Wildman–Crippen LogP) is 0.593. The highest BCUT2D eigenvalue weighted by Crippen LogP contribution is 2.11. The first kappa shape index (κ1) is 20.1. The molecule has 0 radical (unpaired) electrons. The summed E-state index contributed by atoms with van der Waals surface area (Å²) in [5, 5.41) is 11.2. The number of carbonyl (C=O) groups excluding carboxylic acids is 1. The Morgan fingerprint density at radius 3 is 2.29 bits per heavy atom. The lowest BCUT2D eigenvalue weighted by Crippen LogP contribution is -2.37. The van der Waals surface area contributed by atoms with Gasteiger partial charge in [-0.05, 0) is 37.6 Å². The Balaban J connectivity index is 2.76. The highest BCUT2D eigenvalue weighted by atomic mass is 32.2. The first-order valence-electron chi connectivity index (χ1n) is 7.37. The Morgan fingerprint density at radius 1 is 1.25 bits per heavy atom. The molecule has 3 N–H and O–H groups in total. The molecule has 24 heavy (non-hydrogen) atoms. The van der Waals surface area contributed by atoms with Crippen LogP contribution in [0.3, 0.4) is 0 Å². The van der Waals surface area contributed by atoms with Gasteiger partial charge >= 0.3 is 5.97 Å². The molecular weight excluding hydrogens is 336 g/mol. The van der Waals surface area contributed by atoms with Crippen LogP contribution >= 0.6 is 0 Å². The van der Waals surface area contributed by atoms with Crippen LogP contribution in [0.15, 0.2) is 29.2 Å². The molecule has 9 heteroatoms. The van der Waals surface area contributed by atoms with Crippen LogP contribution in [0.5, 0.6) is 0 Å². The van der Waals surface area contributed by atoms with Crippen molar-refractivity contribution in [2.75, 3.05) is 13.7 Å². The molecular formula is C15H22N2O6S. The smallest absolute Gasteiger partial charge is 0.334 e. The van der Waals surface area contributed by atoms with E-state index >= 15 is 0 Å². The van der Waals surface area contributed by atoms with Crippen LogP contribution in [0.1, 0.15) is 30.6 Å². The molecule has 0 saturated carbocycles. The van der Waals surface area contributed by atoms with Crippen LogP contribution < -0.4 is 10.0 Å². The van der Waals surface area contributed by atoms with Gasteiger partial charge in [-0.2, -0.15) is 0 Å². The summed E-state index contributed by atoms with van der Waals surface area (Å²) in [5.74, 6) is -1.70. The fourth-order valence-corrected chi connectivity index (χ4v) is 3.09. The predicted molar refractivity (Wildman–Crippen MR) is 87.3 cm³/mol. The first-order chi connectivity index (χ1) is 11.2. The maximum atomic E-state index is 12.1. The van der Waals surface area contributed by atoms with Gasteiger partial charge in [-0.3, -0.25) is 4.79 Å². The van der Waals surface area contributed by atoms with Crippen molar-refractivity contribution in [3.05, 3.63) is 29.8 Å². The molecule has 0 aliphatic rings. The van der Waals surface area contributed by atoms with Crippen molar-refractivity contribution >= 4 is 21.9 Å². The van der Waals surface area contributed by atoms with Crippen LogP contribution in [0, 0.1) is 0 Å². The van der Waals surface area contributed by atoms with E-state index in [1.807, 2.05) is 6.92 Å². The van der Waals surface area contributed by atoms with Crippen molar-refractivity contribution in [2.45, 2.75) is 37.3 Å². The highest BCUT2D eigenvalue weighted by Gasteiger charge is 2.19. The second-order valence-corrected chi connectivity index (χ2v) is 6.94. The van der Waals surface area contributed by atoms with Crippen LogP contribution in [0.25, 0.3) is 0 Å². The number of hydrogen-bond donors (Lipinski definition) is 3. The molecule has 2 atom stereocenters. The number of ether oxygens (including phenoxy) is 1. The molecule has 1 rings (SSSR count). The Kier molecular flexibility index (Phi) is 7.33. The largest absolute Gasteiger partial charge is 0.479 e. The van der Waals surface area contributed by atoms with E-state index in [0.717, 1.165) is 0 Å². The number of carbonyl (C=O) groups is 2. The van der Waals surface area contributed by atoms with Crippen LogP contribution in [0.4, 0.5) is 0 Å². The van der Waals surface area contributed by atoms with Gasteiger partial charge in [0.25, 0.3) is 5.91 Å². The maximum absolute atomic E-state index is 12.1. The van der Waals surface area contributed by atoms with Crippen LogP contribution in [-0.4, -0.2) is 51.2 Å². The average molecular weight is 358 g/mol. The number of aliphatic carboxylic acids is 1. The number of benzene rings is 1. The molecule has 1 amide bonds. The van der Waals surface area contributed by atoms with E-state index < -0.39 is 28.0 Å². The number of amides is 1. The number of carboxylic acid groups (broad SMARTS) is 1. The van der Waals surface area contributed by atoms with Crippen LogP contribution in [-0.2, 0) is 19.6 Å². The Morgan fingerprint density at radius 2 is 1.83 bits per heavy atom. The molecule has 0 aromatic heterocycles. The van der Waals surface area contributed by atoms with Crippen LogP contribution in [0.2, 0.25) is 0 Å². The molecule has 1 aromatic carbocycles. The van der Waals surface area contributed by atoms with Crippen molar-refractivity contribution in [2.24, 2.45) is 0 Å². The van der Waals surface area contributed by atoms with Gasteiger partial charge in [0.1, 0.15) is 0 Å². The standard InChI is InChI=1S/C15H22N2O6S/c1-4-10(2)17-24(21,22)12-7-5-11(6-8-12)14(18)16-9-13(23-3)15(19)20/h5-8,10,13,17H,4,9H2,1-3H3,(H,16,18)(H,19,20). The molecule has 0 saturated heterocycles. The van der Waals surface area contributed by atoms with E-state index in [-0.39, 0.29) is 23.0 Å². The van der Waals surface area contributed by atoms with E-state index in [2.05, 4.69) is 10.0 Å². The minimum atomic E-state index is -3.63. The molecule has 0 heterocycles. The normalized spacial score (nSPS) is 14.0. The summed E-state index contributed by atoms with van der Waals surface area (Å²) in [6.07, 6.45) is -0.488. The molecule has 8 nitrogen and oxygen atoms in total. The molecule has 1 aromatic rings. The van der Waals surface area contributed by atoms with Gasteiger partial charge < -0.3 is 15.2 Å². The number of carboxylic acids is 1. The zero-order valence-corrected chi connectivity index (χ0v) is 14.6. The summed E-state index contributed by atoms with van der Waals surface area (Å²) in [6, 6.07) is 5.18. The molecule has 0 spiro atoms. The fourth-order valence-electron chi connectivity index (χ4n) is 1.76. The van der Waals surface area contributed by atoms with Gasteiger partial charge in [0, 0.05) is 18.7 Å². The third-order valence-corrected chi connectivity index (χ3v) is 5.01. The van der Waals surface area contributed by atoms with Crippen molar-refractivity contribution in [1.29, 1.82) is 0 Å². The summed E-state index contributed by atoms with van der Waals surface area (Å²) in [4.78, 5) is 22.8. The van der Waals surface area contributed by atoms with Crippen molar-refractivity contribution in [1.82, 2.24) is 10.0 Å². The average Bonchev–Trinajstić information content (AvgIpc) is 2.54. The molecule has 0 aliphatic carbocycles. The minimum Gasteiger partial charge on any atom is -0.479 e. The SMILES string of the molecule is CCC(C)NS(=O)(=O)c1ccc(C(=O)NCC(OC)C(=O)O)cc1. The van der Waals surface area contributed by atoms with Gasteiger partial charge in [-0.1, -0.05) is 6.92 Å². The van der Waals surface area contributed by atoms with E-state index in [9.17, 15) is 18.0 Å². The van der Waals surface area contributed by atoms with Crippen molar-refractivity contribution < 1.29 is 27.9 Å². The lowest BCUT2D eigenvalue weighted by molar-refractivity contribution is -0.148. The van der Waals surface area contributed by atoms with Gasteiger partial charge in [0.2, 0.25) is 10.0 Å². The first-order valence-corrected chi connectivity index (χ1v) is 8.85. The Hall–Kier alpha value is -1.97. The molecule has 2 unspecified atom stereocenters. The zero-order chi connectivity index (χ0) is 18.3. The quantitative estimate of drug-likeness (QED) is 0.594. The summed E-state index contributed by atoms with van der Waals surface area (Å²) >= 11 is 0. The maximum Gasteiger partial charge on any atom is 0.334 e. The lowest BCUT2D eigenvalue weighted by atomic mass is 10.2. The topological polar surface area (TPSA) is 122 Å². The van der Waals surface area contributed by atoms with E-state index in [4.69, 9.17) is 9.84 Å². The summed E-state index contributed by atoms with van der Waals surface area (Å²) < 4.78 is 31.5. The Bertz CT molecular complexity index is 672. The van der Waals surface area contributed by atoms with Gasteiger partial charge in [-0.25, -0.2) is 17.9 Å². The number of methoxy groups -OCH3 is 1. The van der Waals surface area contributed by atoms with E-state index in [1.165, 1.54) is 31.4 Å². The summed E-state index contributed by atoms with van der Waals surface area (Å²) in [7, 11) is -2.40. The summed E-state index contributed by atoms with van der Waals surface area (Å²) in [6.45, 7) is 3.43. The Labute approximate surface area is 141 Å². The number of nitrogens with one attached hydrogen (secondary N) is 2. The fraction of sp³-hybridized carbons (Fsp3) is 0.467. The highest BCUT2D eigenvalue weighted by molar-refractivity contribution is 7.89. The zero-order valence-electron chi connectivity index (χ0n) is 13.8. The number of hydrogen-bond acceptors (Lipinski definition) is 5. The monoisotopic (exact) mass is 358 g/mol. The lowest BCUT2D eigenvalue weighted by Gasteiger charge is -2.13. The third kappa shape index (κ3) is 5.59. The van der Waals surface area contributed by atoms with Gasteiger partial charge in [0.05, 0.1) is 11.4 Å². The van der Waals surface area contributed by atoms with Gasteiger partial charge in [0.15, 0.2) is 6.10 Å². The molecule has 0 fully saturated rings. The summed E-state index contributed by atoms with van der Waals surface area (Å²) in [5.41, 5.74) is 0.220. The van der Waals surface area contributed by atoms with Gasteiger partial charge in [-0.15, -0.1) is 0 Å². The molecule has 0 aliphatic heterocycles. The minimum absolute atomic E-state index is 0.0552. The second kappa shape index (κ2) is 8.76. The molecule has 0 bridgehead atoms. The third-order valence-electron chi connectivity index (χ3n) is 3.40. The van der Waals surface area contributed by atoms with E-state index in [1.54, 1.807) is 6.92 Å². The molecule has 134 valence electrons. The number of sulfonamides is 1. The van der Waals surface area contributed by atoms with E-state index in [0.29, 0.717) is 6.42 Å². The van der Waals surface area contributed by atoms with Crippen molar-refractivity contribution in [3.8, 4) is 0 Å². The second-order valence-electron chi connectivity index (χ2n) is 5.23. The van der Waals surface area contributed by atoms with Crippen molar-refractivity contribution in [3.63, 3.8) is 0 Å².